The van der Waals surface area contributed by atoms with Crippen molar-refractivity contribution in [3.8, 4) is 11.5 Å². The molecular formula is C15H21N5O2. The summed E-state index contributed by atoms with van der Waals surface area (Å²) in [5, 5.41) is 3.95. The molecule has 0 aromatic carbocycles. The molecule has 0 aliphatic heterocycles. The van der Waals surface area contributed by atoms with Crippen LogP contribution in [-0.2, 0) is 11.0 Å². The normalized spacial score (nSPS) is 17.3. The Kier molecular flexibility index (Phi) is 3.21. The second kappa shape index (κ2) is 4.74. The van der Waals surface area contributed by atoms with Gasteiger partial charge in [0.05, 0.1) is 11.2 Å². The number of nitrogens with two attached hydrogens (primary N) is 1. The van der Waals surface area contributed by atoms with Crippen molar-refractivity contribution in [2.24, 2.45) is 5.73 Å². The third kappa shape index (κ3) is 2.35. The molecule has 22 heavy (non-hydrogen) atoms. The molecule has 1 fully saturated rings. The molecule has 0 bridgehead atoms. The molecule has 3 rings (SSSR count). The lowest BCUT2D eigenvalue weighted by Gasteiger charge is -2.34. The highest BCUT2D eigenvalue weighted by Crippen LogP contribution is 2.37. The SMILES string of the molecule is Cc1nc(C(C)(C)C)[nH]c(=O)c1-c1nc(C2(N)CCC2)no1. The monoisotopic (exact) mass is 303 g/mol. The molecule has 2 aromatic heterocycles. The van der Waals surface area contributed by atoms with Crippen LogP contribution in [-0.4, -0.2) is 20.1 Å². The fourth-order valence-electron chi connectivity index (χ4n) is 2.50. The number of nitrogens with one attached hydrogen (secondary N) is 1. The maximum Gasteiger partial charge on any atom is 0.265 e. The van der Waals surface area contributed by atoms with Gasteiger partial charge in [0.1, 0.15) is 11.4 Å². The van der Waals surface area contributed by atoms with Crippen molar-refractivity contribution in [3.63, 3.8) is 0 Å². The predicted molar refractivity (Wildman–Crippen MR) is 81.3 cm³/mol. The average Bonchev–Trinajstić information content (AvgIpc) is 2.83. The number of aryl methyl sites for hydroxylation is 1. The third-order valence-corrected chi connectivity index (χ3v) is 4.14. The molecule has 0 radical (unpaired) electrons. The number of hydrogen-bond donors (Lipinski definition) is 2. The van der Waals surface area contributed by atoms with Crippen molar-refractivity contribution in [2.45, 2.75) is 57.9 Å². The van der Waals surface area contributed by atoms with E-state index in [1.165, 1.54) is 0 Å². The van der Waals surface area contributed by atoms with Crippen molar-refractivity contribution >= 4 is 0 Å². The molecular weight excluding hydrogens is 282 g/mol. The Bertz CT molecular complexity index is 765. The van der Waals surface area contributed by atoms with Crippen LogP contribution in [0.15, 0.2) is 9.32 Å². The molecule has 7 heteroatoms. The van der Waals surface area contributed by atoms with Crippen LogP contribution >= 0.6 is 0 Å². The van der Waals surface area contributed by atoms with Crippen molar-refractivity contribution < 1.29 is 4.52 Å². The van der Waals surface area contributed by atoms with Crippen molar-refractivity contribution in [1.82, 2.24) is 20.1 Å². The molecule has 1 aliphatic rings. The highest BCUT2D eigenvalue weighted by molar-refractivity contribution is 5.54. The van der Waals surface area contributed by atoms with Gasteiger partial charge in [-0.15, -0.1) is 0 Å². The minimum absolute atomic E-state index is 0.179. The van der Waals surface area contributed by atoms with Gasteiger partial charge >= 0.3 is 0 Å². The van der Waals surface area contributed by atoms with E-state index in [4.69, 9.17) is 10.3 Å². The fraction of sp³-hybridized carbons (Fsp3) is 0.600. The summed E-state index contributed by atoms with van der Waals surface area (Å²) < 4.78 is 5.26. The summed E-state index contributed by atoms with van der Waals surface area (Å²) in [6.07, 6.45) is 2.73. The van der Waals surface area contributed by atoms with E-state index in [2.05, 4.69) is 20.1 Å². The third-order valence-electron chi connectivity index (χ3n) is 4.14. The first-order valence-corrected chi connectivity index (χ1v) is 7.45. The molecule has 2 aromatic rings. The first-order chi connectivity index (χ1) is 10.2. The summed E-state index contributed by atoms with van der Waals surface area (Å²) in [6, 6.07) is 0. The van der Waals surface area contributed by atoms with Crippen molar-refractivity contribution in [3.05, 3.63) is 27.7 Å². The van der Waals surface area contributed by atoms with Crippen LogP contribution in [0.2, 0.25) is 0 Å². The van der Waals surface area contributed by atoms with Gasteiger partial charge in [-0.2, -0.15) is 4.98 Å². The van der Waals surface area contributed by atoms with Gasteiger partial charge in [-0.05, 0) is 26.2 Å². The van der Waals surface area contributed by atoms with E-state index in [0.717, 1.165) is 19.3 Å². The molecule has 7 nitrogen and oxygen atoms in total. The first kappa shape index (κ1) is 14.9. The number of aromatic nitrogens is 4. The Morgan fingerprint density at radius 2 is 1.95 bits per heavy atom. The summed E-state index contributed by atoms with van der Waals surface area (Å²) in [5.74, 6) is 1.28. The molecule has 3 N–H and O–H groups in total. The van der Waals surface area contributed by atoms with Crippen LogP contribution in [0.5, 0.6) is 0 Å². The standard InChI is InChI=1S/C15H21N5O2/c1-8-9(10(21)18-12(17-8)14(2,3)4)11-19-13(20-22-11)15(16)6-5-7-15/h5-7,16H2,1-4H3,(H,17,18,21). The minimum atomic E-state index is -0.513. The number of aromatic amines is 1. The van der Waals surface area contributed by atoms with E-state index in [-0.39, 0.29) is 16.9 Å². The van der Waals surface area contributed by atoms with Gasteiger partial charge in [-0.1, -0.05) is 25.9 Å². The van der Waals surface area contributed by atoms with E-state index in [0.29, 0.717) is 22.9 Å². The highest BCUT2D eigenvalue weighted by atomic mass is 16.5. The molecule has 0 amide bonds. The van der Waals surface area contributed by atoms with Crippen LogP contribution in [0.3, 0.4) is 0 Å². The van der Waals surface area contributed by atoms with Gasteiger partial charge in [0, 0.05) is 5.41 Å². The van der Waals surface area contributed by atoms with Gasteiger partial charge in [0.15, 0.2) is 5.82 Å². The summed E-state index contributed by atoms with van der Waals surface area (Å²) in [7, 11) is 0. The van der Waals surface area contributed by atoms with Crippen LogP contribution < -0.4 is 11.3 Å². The Balaban J connectivity index is 2.04. The molecule has 0 spiro atoms. The maximum atomic E-state index is 12.4. The lowest BCUT2D eigenvalue weighted by molar-refractivity contribution is 0.229. The molecule has 0 unspecified atom stereocenters. The minimum Gasteiger partial charge on any atom is -0.334 e. The lowest BCUT2D eigenvalue weighted by atomic mass is 9.77. The van der Waals surface area contributed by atoms with E-state index >= 15 is 0 Å². The van der Waals surface area contributed by atoms with Crippen LogP contribution in [0.4, 0.5) is 0 Å². The Morgan fingerprint density at radius 3 is 2.45 bits per heavy atom. The van der Waals surface area contributed by atoms with Gasteiger partial charge in [-0.25, -0.2) is 4.98 Å². The smallest absolute Gasteiger partial charge is 0.265 e. The second-order valence-corrected chi connectivity index (χ2v) is 7.06. The fourth-order valence-corrected chi connectivity index (χ4v) is 2.50. The summed E-state index contributed by atoms with van der Waals surface area (Å²) >= 11 is 0. The summed E-state index contributed by atoms with van der Waals surface area (Å²) in [6.45, 7) is 7.74. The number of H-pyrrole nitrogens is 1. The Labute approximate surface area is 128 Å². The topological polar surface area (TPSA) is 111 Å². The largest absolute Gasteiger partial charge is 0.334 e. The Morgan fingerprint density at radius 1 is 1.27 bits per heavy atom. The number of nitrogens with zero attached hydrogens (tertiary/aromatic N) is 3. The second-order valence-electron chi connectivity index (χ2n) is 7.06. The zero-order valence-electron chi connectivity index (χ0n) is 13.4. The van der Waals surface area contributed by atoms with Crippen molar-refractivity contribution in [2.75, 3.05) is 0 Å². The number of rotatable bonds is 2. The zero-order chi connectivity index (χ0) is 16.1. The Hall–Kier alpha value is -2.02. The first-order valence-electron chi connectivity index (χ1n) is 7.45. The molecule has 2 heterocycles. The van der Waals surface area contributed by atoms with Gasteiger partial charge in [0.25, 0.3) is 11.4 Å². The summed E-state index contributed by atoms with van der Waals surface area (Å²) in [5.41, 5.74) is 6.05. The van der Waals surface area contributed by atoms with Crippen LogP contribution in [0, 0.1) is 6.92 Å². The lowest BCUT2D eigenvalue weighted by Crippen LogP contribution is -2.44. The van der Waals surface area contributed by atoms with E-state index in [1.54, 1.807) is 6.92 Å². The highest BCUT2D eigenvalue weighted by Gasteiger charge is 2.39. The van der Waals surface area contributed by atoms with Crippen LogP contribution in [0.1, 0.15) is 57.4 Å². The van der Waals surface area contributed by atoms with Crippen LogP contribution in [0.25, 0.3) is 11.5 Å². The quantitative estimate of drug-likeness (QED) is 0.874. The van der Waals surface area contributed by atoms with E-state index in [1.807, 2.05) is 20.8 Å². The summed E-state index contributed by atoms with van der Waals surface area (Å²) in [4.78, 5) is 24.0. The molecule has 118 valence electrons. The van der Waals surface area contributed by atoms with E-state index < -0.39 is 5.54 Å². The maximum absolute atomic E-state index is 12.4. The van der Waals surface area contributed by atoms with Crippen molar-refractivity contribution in [1.29, 1.82) is 0 Å². The molecule has 1 aliphatic carbocycles. The molecule has 0 atom stereocenters. The van der Waals surface area contributed by atoms with Gasteiger partial charge in [0.2, 0.25) is 0 Å². The molecule has 0 saturated heterocycles. The van der Waals surface area contributed by atoms with Gasteiger partial charge < -0.3 is 15.2 Å². The zero-order valence-corrected chi connectivity index (χ0v) is 13.4. The predicted octanol–water partition coefficient (Wildman–Crippen LogP) is 1.76. The average molecular weight is 303 g/mol. The van der Waals surface area contributed by atoms with Gasteiger partial charge in [-0.3, -0.25) is 4.79 Å². The number of hydrogen-bond acceptors (Lipinski definition) is 6. The van der Waals surface area contributed by atoms with E-state index in [9.17, 15) is 4.79 Å². The molecule has 1 saturated carbocycles.